The van der Waals surface area contributed by atoms with E-state index in [9.17, 15) is 0 Å². The normalized spacial score (nSPS) is 16.9. The fourth-order valence-corrected chi connectivity index (χ4v) is 3.42. The number of para-hydroxylation sites is 1. The van der Waals surface area contributed by atoms with Crippen molar-refractivity contribution in [3.63, 3.8) is 0 Å². The first kappa shape index (κ1) is 12.7. The van der Waals surface area contributed by atoms with Crippen LogP contribution in [0.15, 0.2) is 66.9 Å². The molecule has 2 heterocycles. The summed E-state index contributed by atoms with van der Waals surface area (Å²) in [7, 11) is 0. The van der Waals surface area contributed by atoms with Crippen LogP contribution in [-0.4, -0.2) is 4.57 Å². The first-order valence-corrected chi connectivity index (χ1v) is 7.55. The summed E-state index contributed by atoms with van der Waals surface area (Å²) in [5, 5.41) is 3.19. The maximum Gasteiger partial charge on any atom is 0.154 e. The number of aromatic nitrogens is 1. The van der Waals surface area contributed by atoms with Crippen LogP contribution in [0.5, 0.6) is 0 Å². The summed E-state index contributed by atoms with van der Waals surface area (Å²) in [6.45, 7) is 0.952. The summed E-state index contributed by atoms with van der Waals surface area (Å²) < 4.78 is 2.28. The zero-order valence-electron chi connectivity index (χ0n) is 11.5. The number of rotatable bonds is 1. The fourth-order valence-electron chi connectivity index (χ4n) is 3.16. The number of quaternary nitrogens is 1. The average molecular weight is 296 g/mol. The summed E-state index contributed by atoms with van der Waals surface area (Å²) >= 11 is 6.43. The van der Waals surface area contributed by atoms with E-state index in [-0.39, 0.29) is 6.04 Å². The third-order valence-electron chi connectivity index (χ3n) is 4.16. The lowest BCUT2D eigenvalue weighted by Gasteiger charge is -2.16. The molecule has 2 N–H and O–H groups in total. The second-order valence-corrected chi connectivity index (χ2v) is 5.78. The molecule has 0 saturated carbocycles. The molecule has 2 aromatic carbocycles. The van der Waals surface area contributed by atoms with Crippen LogP contribution in [-0.2, 0) is 6.54 Å². The lowest BCUT2D eigenvalue weighted by molar-refractivity contribution is -0.702. The third kappa shape index (κ3) is 2.08. The van der Waals surface area contributed by atoms with Gasteiger partial charge in [0.1, 0.15) is 6.54 Å². The van der Waals surface area contributed by atoms with Gasteiger partial charge in [-0.3, -0.25) is 0 Å². The molecule has 1 aliphatic rings. The summed E-state index contributed by atoms with van der Waals surface area (Å²) in [6.07, 6.45) is 2.14. The minimum Gasteiger partial charge on any atom is -0.331 e. The van der Waals surface area contributed by atoms with E-state index in [4.69, 9.17) is 11.6 Å². The molecular formula is C18H16ClN2+. The molecule has 3 aromatic rings. The number of fused-ring (bicyclic) bond motifs is 3. The highest BCUT2D eigenvalue weighted by atomic mass is 35.5. The predicted molar refractivity (Wildman–Crippen MR) is 84.7 cm³/mol. The topological polar surface area (TPSA) is 21.5 Å². The quantitative estimate of drug-likeness (QED) is 0.711. The monoisotopic (exact) mass is 295 g/mol. The minimum atomic E-state index is 0.223. The molecule has 0 fully saturated rings. The van der Waals surface area contributed by atoms with Gasteiger partial charge in [0.25, 0.3) is 0 Å². The molecule has 2 nitrogen and oxygen atoms in total. The Hall–Kier alpha value is -2.03. The van der Waals surface area contributed by atoms with Crippen molar-refractivity contribution in [3.8, 4) is 5.69 Å². The second kappa shape index (κ2) is 5.06. The van der Waals surface area contributed by atoms with Crippen molar-refractivity contribution in [2.75, 3.05) is 0 Å². The van der Waals surface area contributed by atoms with Gasteiger partial charge in [-0.05, 0) is 24.3 Å². The van der Waals surface area contributed by atoms with Crippen LogP contribution in [0.2, 0.25) is 5.02 Å². The van der Waals surface area contributed by atoms with Gasteiger partial charge in [-0.25, -0.2) is 0 Å². The van der Waals surface area contributed by atoms with Gasteiger partial charge in [0.05, 0.1) is 16.4 Å². The van der Waals surface area contributed by atoms with Crippen molar-refractivity contribution >= 4 is 11.6 Å². The Morgan fingerprint density at radius 1 is 0.952 bits per heavy atom. The maximum absolute atomic E-state index is 6.43. The van der Waals surface area contributed by atoms with Gasteiger partial charge in [0.2, 0.25) is 0 Å². The lowest BCUT2D eigenvalue weighted by atomic mass is 10.0. The Balaban J connectivity index is 1.90. The Bertz CT molecular complexity index is 791. The van der Waals surface area contributed by atoms with E-state index < -0.39 is 0 Å². The fraction of sp³-hybridized carbons (Fsp3) is 0.111. The smallest absolute Gasteiger partial charge is 0.154 e. The standard InChI is InChI=1S/C18H15ClN2/c19-15-8-3-2-7-14(15)18-17-10-5-11-21(17)16-9-4-1-6-13(16)12-20-18/h1-11,18,20H,12H2/p+1. The molecule has 0 spiro atoms. The zero-order chi connectivity index (χ0) is 14.2. The largest absolute Gasteiger partial charge is 0.331 e. The van der Waals surface area contributed by atoms with Crippen molar-refractivity contribution in [2.24, 2.45) is 0 Å². The van der Waals surface area contributed by atoms with E-state index in [1.54, 1.807) is 0 Å². The van der Waals surface area contributed by atoms with Crippen molar-refractivity contribution < 1.29 is 5.32 Å². The molecule has 0 radical (unpaired) electrons. The number of nitrogens with zero attached hydrogens (tertiary/aromatic N) is 1. The third-order valence-corrected chi connectivity index (χ3v) is 4.51. The Morgan fingerprint density at radius 2 is 1.76 bits per heavy atom. The SMILES string of the molecule is Clc1ccccc1C1[NH2+]Cc2ccccc2-n2cccc21. The van der Waals surface area contributed by atoms with Crippen molar-refractivity contribution in [1.82, 2.24) is 4.57 Å². The van der Waals surface area contributed by atoms with Crippen LogP contribution >= 0.6 is 11.6 Å². The molecule has 3 heteroatoms. The summed E-state index contributed by atoms with van der Waals surface area (Å²) in [6, 6.07) is 21.2. The highest BCUT2D eigenvalue weighted by molar-refractivity contribution is 6.31. The molecule has 1 aliphatic heterocycles. The van der Waals surface area contributed by atoms with Gasteiger partial charge in [0, 0.05) is 17.3 Å². The van der Waals surface area contributed by atoms with Gasteiger partial charge in [-0.15, -0.1) is 0 Å². The molecule has 0 amide bonds. The molecule has 1 unspecified atom stereocenters. The molecule has 4 rings (SSSR count). The van der Waals surface area contributed by atoms with Crippen molar-refractivity contribution in [2.45, 2.75) is 12.6 Å². The number of hydrogen-bond donors (Lipinski definition) is 1. The molecule has 1 aromatic heterocycles. The molecular weight excluding hydrogens is 280 g/mol. The second-order valence-electron chi connectivity index (χ2n) is 5.37. The highest BCUT2D eigenvalue weighted by Crippen LogP contribution is 2.30. The van der Waals surface area contributed by atoms with Gasteiger partial charge >= 0.3 is 0 Å². The maximum atomic E-state index is 6.43. The van der Waals surface area contributed by atoms with Gasteiger partial charge < -0.3 is 9.88 Å². The van der Waals surface area contributed by atoms with Gasteiger partial charge in [-0.2, -0.15) is 0 Å². The molecule has 0 bridgehead atoms. The van der Waals surface area contributed by atoms with Gasteiger partial charge in [0.15, 0.2) is 6.04 Å². The highest BCUT2D eigenvalue weighted by Gasteiger charge is 2.27. The number of nitrogens with two attached hydrogens (primary N) is 1. The van der Waals surface area contributed by atoms with Crippen molar-refractivity contribution in [3.05, 3.63) is 88.7 Å². The van der Waals surface area contributed by atoms with Crippen LogP contribution < -0.4 is 5.32 Å². The molecule has 1 atom stereocenters. The molecule has 0 aliphatic carbocycles. The molecule has 21 heavy (non-hydrogen) atoms. The van der Waals surface area contributed by atoms with E-state index in [0.29, 0.717) is 0 Å². The van der Waals surface area contributed by atoms with Crippen LogP contribution in [0, 0.1) is 0 Å². The Morgan fingerprint density at radius 3 is 2.67 bits per heavy atom. The minimum absolute atomic E-state index is 0.223. The van der Waals surface area contributed by atoms with Crippen molar-refractivity contribution in [1.29, 1.82) is 0 Å². The van der Waals surface area contributed by atoms with E-state index in [2.05, 4.69) is 64.6 Å². The predicted octanol–water partition coefficient (Wildman–Crippen LogP) is 3.30. The number of halogens is 1. The first-order chi connectivity index (χ1) is 10.3. The zero-order valence-corrected chi connectivity index (χ0v) is 12.3. The van der Waals surface area contributed by atoms with E-state index in [0.717, 1.165) is 11.6 Å². The number of hydrogen-bond acceptors (Lipinski definition) is 0. The Kier molecular flexibility index (Phi) is 3.06. The number of benzene rings is 2. The van der Waals surface area contributed by atoms with E-state index >= 15 is 0 Å². The van der Waals surface area contributed by atoms with E-state index in [1.165, 1.54) is 22.5 Å². The summed E-state index contributed by atoms with van der Waals surface area (Å²) in [5.41, 5.74) is 5.06. The summed E-state index contributed by atoms with van der Waals surface area (Å²) in [4.78, 5) is 0. The average Bonchev–Trinajstić information content (AvgIpc) is 2.93. The molecule has 0 saturated heterocycles. The van der Waals surface area contributed by atoms with Crippen LogP contribution in [0.25, 0.3) is 5.69 Å². The lowest BCUT2D eigenvalue weighted by Crippen LogP contribution is -2.83. The van der Waals surface area contributed by atoms with E-state index in [1.807, 2.05) is 12.1 Å². The van der Waals surface area contributed by atoms with Crippen LogP contribution in [0.1, 0.15) is 22.9 Å². The van der Waals surface area contributed by atoms with Crippen LogP contribution in [0.3, 0.4) is 0 Å². The molecule has 104 valence electrons. The first-order valence-electron chi connectivity index (χ1n) is 7.18. The van der Waals surface area contributed by atoms with Gasteiger partial charge in [-0.1, -0.05) is 48.0 Å². The Labute approximate surface area is 129 Å². The summed E-state index contributed by atoms with van der Waals surface area (Å²) in [5.74, 6) is 0. The van der Waals surface area contributed by atoms with Crippen LogP contribution in [0.4, 0.5) is 0 Å².